The summed E-state index contributed by atoms with van der Waals surface area (Å²) in [7, 11) is 3.57. The maximum atomic E-state index is 14.0. The molecule has 0 spiro atoms. The standard InChI is InChI=1S/C22H17FN2O3/c1-24-11-16(14-9-12(23)7-8-17(14)24)15-10-19(26)28-21-13-5-3-4-6-18(13)25(2)22(27)20(15)21/h3-9,11,15H,10H2,1-2H3/t15-/m1/s1. The van der Waals surface area contributed by atoms with Gasteiger partial charge in [0.15, 0.2) is 0 Å². The largest absolute Gasteiger partial charge is 0.425 e. The Morgan fingerprint density at radius 1 is 1.04 bits per heavy atom. The van der Waals surface area contributed by atoms with Crippen LogP contribution in [0.25, 0.3) is 21.8 Å². The van der Waals surface area contributed by atoms with E-state index in [-0.39, 0.29) is 17.8 Å². The number of rotatable bonds is 1. The fourth-order valence-electron chi connectivity index (χ4n) is 4.27. The van der Waals surface area contributed by atoms with E-state index in [1.54, 1.807) is 17.7 Å². The number of nitrogens with zero attached hydrogens (tertiary/aromatic N) is 2. The molecule has 4 aromatic rings. The van der Waals surface area contributed by atoms with Crippen molar-refractivity contribution in [2.75, 3.05) is 0 Å². The molecule has 0 fully saturated rings. The van der Waals surface area contributed by atoms with Crippen molar-refractivity contribution in [1.82, 2.24) is 9.13 Å². The lowest BCUT2D eigenvalue weighted by molar-refractivity contribution is -0.135. The second kappa shape index (κ2) is 5.79. The Bertz CT molecular complexity index is 1350. The summed E-state index contributed by atoms with van der Waals surface area (Å²) in [5.74, 6) is -0.937. The van der Waals surface area contributed by atoms with Gasteiger partial charge >= 0.3 is 5.97 Å². The van der Waals surface area contributed by atoms with E-state index >= 15 is 0 Å². The number of para-hydroxylation sites is 1. The number of carbonyl (C=O) groups excluding carboxylic acids is 1. The zero-order valence-corrected chi connectivity index (χ0v) is 15.4. The number of carbonyl (C=O) groups is 1. The van der Waals surface area contributed by atoms with Crippen molar-refractivity contribution in [1.29, 1.82) is 0 Å². The van der Waals surface area contributed by atoms with Crippen LogP contribution in [0, 0.1) is 5.82 Å². The number of aromatic nitrogens is 2. The van der Waals surface area contributed by atoms with Crippen LogP contribution < -0.4 is 10.3 Å². The molecule has 3 heterocycles. The fraction of sp³-hybridized carbons (Fsp3) is 0.182. The van der Waals surface area contributed by atoms with E-state index in [0.29, 0.717) is 27.6 Å². The first-order chi connectivity index (χ1) is 13.5. The normalized spacial score (nSPS) is 16.4. The molecule has 0 bridgehead atoms. The maximum Gasteiger partial charge on any atom is 0.312 e. The highest BCUT2D eigenvalue weighted by molar-refractivity contribution is 5.93. The van der Waals surface area contributed by atoms with Gasteiger partial charge in [-0.05, 0) is 35.9 Å². The van der Waals surface area contributed by atoms with Gasteiger partial charge in [-0.15, -0.1) is 0 Å². The Balaban J connectivity index is 1.87. The molecule has 5 nitrogen and oxygen atoms in total. The van der Waals surface area contributed by atoms with Crippen molar-refractivity contribution in [2.45, 2.75) is 12.3 Å². The van der Waals surface area contributed by atoms with E-state index in [0.717, 1.165) is 11.1 Å². The zero-order chi connectivity index (χ0) is 19.6. The molecular formula is C22H17FN2O3. The molecule has 0 N–H and O–H groups in total. The summed E-state index contributed by atoms with van der Waals surface area (Å²) in [6.07, 6.45) is 1.90. The van der Waals surface area contributed by atoms with Gasteiger partial charge < -0.3 is 13.9 Å². The first-order valence-corrected chi connectivity index (χ1v) is 9.02. The fourth-order valence-corrected chi connectivity index (χ4v) is 4.27. The van der Waals surface area contributed by atoms with Crippen LogP contribution in [0.1, 0.15) is 23.5 Å². The van der Waals surface area contributed by atoms with E-state index in [1.807, 2.05) is 42.1 Å². The third kappa shape index (κ3) is 2.24. The second-order valence-corrected chi connectivity index (χ2v) is 7.21. The quantitative estimate of drug-likeness (QED) is 0.477. The first kappa shape index (κ1) is 16.7. The number of hydrogen-bond donors (Lipinski definition) is 0. The number of ether oxygens (including phenoxy) is 1. The zero-order valence-electron chi connectivity index (χ0n) is 15.4. The van der Waals surface area contributed by atoms with Crippen LogP contribution in [-0.2, 0) is 18.9 Å². The highest BCUT2D eigenvalue weighted by atomic mass is 19.1. The van der Waals surface area contributed by atoms with Gasteiger partial charge in [-0.3, -0.25) is 9.59 Å². The number of pyridine rings is 1. The van der Waals surface area contributed by atoms with Crippen molar-refractivity contribution in [3.8, 4) is 5.75 Å². The molecule has 1 atom stereocenters. The van der Waals surface area contributed by atoms with Crippen LogP contribution in [-0.4, -0.2) is 15.1 Å². The van der Waals surface area contributed by atoms with Gasteiger partial charge in [0.05, 0.1) is 17.5 Å². The third-order valence-electron chi connectivity index (χ3n) is 5.58. The van der Waals surface area contributed by atoms with Gasteiger partial charge in [0.2, 0.25) is 0 Å². The summed E-state index contributed by atoms with van der Waals surface area (Å²) in [6.45, 7) is 0. The van der Waals surface area contributed by atoms with Gasteiger partial charge in [0, 0.05) is 42.5 Å². The van der Waals surface area contributed by atoms with Crippen molar-refractivity contribution in [3.63, 3.8) is 0 Å². The monoisotopic (exact) mass is 376 g/mol. The van der Waals surface area contributed by atoms with Crippen LogP contribution in [0.5, 0.6) is 5.75 Å². The topological polar surface area (TPSA) is 53.2 Å². The maximum absolute atomic E-state index is 14.0. The van der Waals surface area contributed by atoms with E-state index in [9.17, 15) is 14.0 Å². The number of aryl methyl sites for hydroxylation is 2. The molecule has 1 aliphatic rings. The number of benzene rings is 2. The molecule has 0 unspecified atom stereocenters. The number of esters is 1. The predicted molar refractivity (Wildman–Crippen MR) is 104 cm³/mol. The molecule has 0 saturated carbocycles. The van der Waals surface area contributed by atoms with Crippen LogP contribution in [0.15, 0.2) is 53.5 Å². The lowest BCUT2D eigenvalue weighted by atomic mass is 9.86. The number of halogens is 1. The number of hydrogen-bond acceptors (Lipinski definition) is 3. The molecule has 0 radical (unpaired) electrons. The lowest BCUT2D eigenvalue weighted by Gasteiger charge is -2.26. The smallest absolute Gasteiger partial charge is 0.312 e. The minimum Gasteiger partial charge on any atom is -0.425 e. The predicted octanol–water partition coefficient (Wildman–Crippen LogP) is 3.61. The highest BCUT2D eigenvalue weighted by Crippen LogP contribution is 2.42. The molecule has 1 aliphatic heterocycles. The Hall–Kier alpha value is -3.41. The lowest BCUT2D eigenvalue weighted by Crippen LogP contribution is -2.31. The van der Waals surface area contributed by atoms with Gasteiger partial charge in [-0.25, -0.2) is 4.39 Å². The minimum atomic E-state index is -0.495. The van der Waals surface area contributed by atoms with Gasteiger partial charge in [0.25, 0.3) is 5.56 Å². The highest BCUT2D eigenvalue weighted by Gasteiger charge is 2.35. The summed E-state index contributed by atoms with van der Waals surface area (Å²) in [5, 5.41) is 1.41. The molecule has 28 heavy (non-hydrogen) atoms. The van der Waals surface area contributed by atoms with Gasteiger partial charge in [0.1, 0.15) is 11.6 Å². The van der Waals surface area contributed by atoms with E-state index in [1.165, 1.54) is 12.1 Å². The molecular weight excluding hydrogens is 359 g/mol. The molecule has 6 heteroatoms. The van der Waals surface area contributed by atoms with Crippen LogP contribution >= 0.6 is 0 Å². The number of fused-ring (bicyclic) bond motifs is 4. The molecule has 5 rings (SSSR count). The SMILES string of the molecule is Cn1cc([C@H]2CC(=O)Oc3c2c(=O)n(C)c2ccccc32)c2cc(F)ccc21. The molecule has 2 aromatic carbocycles. The summed E-state index contributed by atoms with van der Waals surface area (Å²) < 4.78 is 23.0. The van der Waals surface area contributed by atoms with E-state index in [4.69, 9.17) is 4.74 Å². The van der Waals surface area contributed by atoms with Crippen molar-refractivity contribution < 1.29 is 13.9 Å². The minimum absolute atomic E-state index is 0.0379. The Morgan fingerprint density at radius 2 is 1.82 bits per heavy atom. The van der Waals surface area contributed by atoms with Gasteiger partial charge in [-0.1, -0.05) is 12.1 Å². The van der Waals surface area contributed by atoms with E-state index < -0.39 is 11.9 Å². The van der Waals surface area contributed by atoms with Crippen LogP contribution in [0.2, 0.25) is 0 Å². The second-order valence-electron chi connectivity index (χ2n) is 7.21. The Morgan fingerprint density at radius 3 is 2.64 bits per heavy atom. The van der Waals surface area contributed by atoms with Crippen molar-refractivity contribution in [2.24, 2.45) is 14.1 Å². The summed E-state index contributed by atoms with van der Waals surface area (Å²) in [5.41, 5.74) is 2.53. The third-order valence-corrected chi connectivity index (χ3v) is 5.58. The molecule has 2 aromatic heterocycles. The average Bonchev–Trinajstić information content (AvgIpc) is 3.01. The van der Waals surface area contributed by atoms with Crippen LogP contribution in [0.4, 0.5) is 4.39 Å². The molecule has 0 amide bonds. The molecule has 0 aliphatic carbocycles. The Kier molecular flexibility index (Phi) is 3.46. The van der Waals surface area contributed by atoms with Crippen molar-refractivity contribution >= 4 is 27.8 Å². The molecule has 140 valence electrons. The molecule has 0 saturated heterocycles. The van der Waals surface area contributed by atoms with E-state index in [2.05, 4.69) is 0 Å². The average molecular weight is 376 g/mol. The van der Waals surface area contributed by atoms with Crippen LogP contribution in [0.3, 0.4) is 0 Å². The Labute approximate surface area is 159 Å². The summed E-state index contributed by atoms with van der Waals surface area (Å²) in [6, 6.07) is 11.9. The summed E-state index contributed by atoms with van der Waals surface area (Å²) >= 11 is 0. The first-order valence-electron chi connectivity index (χ1n) is 9.02. The summed E-state index contributed by atoms with van der Waals surface area (Å²) in [4.78, 5) is 25.7. The van der Waals surface area contributed by atoms with Crippen molar-refractivity contribution in [3.05, 3.63) is 76.0 Å². The van der Waals surface area contributed by atoms with Gasteiger partial charge in [-0.2, -0.15) is 0 Å².